The van der Waals surface area contributed by atoms with Crippen LogP contribution in [0.1, 0.15) is 18.4 Å². The Bertz CT molecular complexity index is 789. The number of nitrogens with zero attached hydrogens (tertiary/aromatic N) is 1. The molecule has 27 heavy (non-hydrogen) atoms. The van der Waals surface area contributed by atoms with Gasteiger partial charge in [-0.15, -0.1) is 0 Å². The minimum atomic E-state index is -0.338. The summed E-state index contributed by atoms with van der Waals surface area (Å²) in [5.74, 6) is 1.32. The number of rotatable bonds is 6. The fraction of sp³-hybridized carbons (Fsp3) is 0.381. The zero-order valence-corrected chi connectivity index (χ0v) is 15.3. The highest BCUT2D eigenvalue weighted by atomic mass is 16.7. The molecule has 6 heteroatoms. The third-order valence-corrected chi connectivity index (χ3v) is 5.28. The zero-order chi connectivity index (χ0) is 18.6. The summed E-state index contributed by atoms with van der Waals surface area (Å²) in [4.78, 5) is 14.2. The number of hydrogen-bond acceptors (Lipinski definition) is 5. The number of nitrogens with one attached hydrogen (secondary N) is 1. The van der Waals surface area contributed by atoms with Crippen LogP contribution in [0.15, 0.2) is 48.5 Å². The van der Waals surface area contributed by atoms with Gasteiger partial charge < -0.3 is 25.4 Å². The van der Waals surface area contributed by atoms with Crippen molar-refractivity contribution in [2.75, 3.05) is 24.8 Å². The van der Waals surface area contributed by atoms with Crippen molar-refractivity contribution in [2.24, 2.45) is 5.73 Å². The number of carbonyl (C=O) groups excluding carboxylic acids is 1. The molecule has 142 valence electrons. The lowest BCUT2D eigenvalue weighted by Gasteiger charge is -2.35. The first-order valence-corrected chi connectivity index (χ1v) is 9.43. The SMILES string of the molecule is NC(=O)[C@H](Cc1ccccc1)NC1CCN(c2ccc3c(c2)OCO3)CC1. The van der Waals surface area contributed by atoms with E-state index in [4.69, 9.17) is 15.2 Å². The van der Waals surface area contributed by atoms with Crippen molar-refractivity contribution in [3.05, 3.63) is 54.1 Å². The van der Waals surface area contributed by atoms with E-state index in [0.717, 1.165) is 48.7 Å². The molecule has 2 aliphatic rings. The largest absolute Gasteiger partial charge is 0.454 e. The topological polar surface area (TPSA) is 76.8 Å². The second-order valence-corrected chi connectivity index (χ2v) is 7.11. The number of primary amides is 1. The van der Waals surface area contributed by atoms with Gasteiger partial charge in [0, 0.05) is 30.9 Å². The number of amides is 1. The maximum atomic E-state index is 11.9. The van der Waals surface area contributed by atoms with Crippen LogP contribution in [0.3, 0.4) is 0 Å². The second kappa shape index (κ2) is 7.88. The molecule has 0 radical (unpaired) electrons. The molecular formula is C21H25N3O3. The van der Waals surface area contributed by atoms with Crippen molar-refractivity contribution in [1.29, 1.82) is 0 Å². The lowest BCUT2D eigenvalue weighted by Crippen LogP contribution is -2.51. The Morgan fingerprint density at radius 3 is 2.59 bits per heavy atom. The number of hydrogen-bond donors (Lipinski definition) is 2. The number of fused-ring (bicyclic) bond motifs is 1. The Labute approximate surface area is 159 Å². The summed E-state index contributed by atoms with van der Waals surface area (Å²) >= 11 is 0. The lowest BCUT2D eigenvalue weighted by atomic mass is 10.00. The number of ether oxygens (including phenoxy) is 2. The molecule has 0 spiro atoms. The molecule has 1 amide bonds. The summed E-state index contributed by atoms with van der Waals surface area (Å²) in [6.45, 7) is 2.14. The Balaban J connectivity index is 1.33. The molecule has 2 heterocycles. The molecule has 1 atom stereocenters. The van der Waals surface area contributed by atoms with E-state index in [1.165, 1.54) is 0 Å². The molecule has 2 aromatic rings. The van der Waals surface area contributed by atoms with Gasteiger partial charge >= 0.3 is 0 Å². The van der Waals surface area contributed by atoms with Crippen LogP contribution >= 0.6 is 0 Å². The van der Waals surface area contributed by atoms with E-state index in [2.05, 4.69) is 16.3 Å². The van der Waals surface area contributed by atoms with Crippen molar-refractivity contribution in [1.82, 2.24) is 5.32 Å². The average Bonchev–Trinajstić information content (AvgIpc) is 3.16. The van der Waals surface area contributed by atoms with Crippen molar-refractivity contribution in [3.8, 4) is 11.5 Å². The summed E-state index contributed by atoms with van der Waals surface area (Å²) in [5, 5.41) is 3.47. The van der Waals surface area contributed by atoms with Crippen LogP contribution in [0.2, 0.25) is 0 Å². The Kier molecular flexibility index (Phi) is 5.16. The molecule has 0 saturated carbocycles. The average molecular weight is 367 g/mol. The monoisotopic (exact) mass is 367 g/mol. The Morgan fingerprint density at radius 2 is 1.85 bits per heavy atom. The molecule has 0 aliphatic carbocycles. The predicted octanol–water partition coefficient (Wildman–Crippen LogP) is 2.07. The molecule has 2 aromatic carbocycles. The zero-order valence-electron chi connectivity index (χ0n) is 15.3. The molecular weight excluding hydrogens is 342 g/mol. The number of piperidine rings is 1. The van der Waals surface area contributed by atoms with Crippen LogP contribution < -0.4 is 25.4 Å². The van der Waals surface area contributed by atoms with Gasteiger partial charge in [-0.2, -0.15) is 0 Å². The minimum Gasteiger partial charge on any atom is -0.454 e. The van der Waals surface area contributed by atoms with Crippen LogP contribution in [0.4, 0.5) is 5.69 Å². The van der Waals surface area contributed by atoms with Gasteiger partial charge in [0.2, 0.25) is 12.7 Å². The number of anilines is 1. The van der Waals surface area contributed by atoms with Gasteiger partial charge in [0.05, 0.1) is 6.04 Å². The fourth-order valence-electron chi connectivity index (χ4n) is 3.76. The predicted molar refractivity (Wildman–Crippen MR) is 104 cm³/mol. The Hall–Kier alpha value is -2.73. The highest BCUT2D eigenvalue weighted by molar-refractivity contribution is 5.80. The van der Waals surface area contributed by atoms with E-state index in [-0.39, 0.29) is 18.0 Å². The first-order valence-electron chi connectivity index (χ1n) is 9.43. The van der Waals surface area contributed by atoms with Crippen LogP contribution in [-0.2, 0) is 11.2 Å². The fourth-order valence-corrected chi connectivity index (χ4v) is 3.76. The highest BCUT2D eigenvalue weighted by Gasteiger charge is 2.25. The van der Waals surface area contributed by atoms with Gasteiger partial charge in [-0.1, -0.05) is 30.3 Å². The van der Waals surface area contributed by atoms with Crippen molar-refractivity contribution in [3.63, 3.8) is 0 Å². The van der Waals surface area contributed by atoms with E-state index >= 15 is 0 Å². The molecule has 0 bridgehead atoms. The summed E-state index contributed by atoms with van der Waals surface area (Å²) in [7, 11) is 0. The van der Waals surface area contributed by atoms with Crippen LogP contribution in [0.5, 0.6) is 11.5 Å². The summed E-state index contributed by atoms with van der Waals surface area (Å²) in [6, 6.07) is 16.0. The molecule has 2 aliphatic heterocycles. The van der Waals surface area contributed by atoms with Gasteiger partial charge in [-0.3, -0.25) is 4.79 Å². The number of nitrogens with two attached hydrogens (primary N) is 1. The standard InChI is InChI=1S/C21H25N3O3/c22-21(25)18(12-15-4-2-1-3-5-15)23-16-8-10-24(11-9-16)17-6-7-19-20(13-17)27-14-26-19/h1-7,13,16,18,23H,8-12,14H2,(H2,22,25)/t18-/m0/s1. The van der Waals surface area contributed by atoms with Gasteiger partial charge in [0.1, 0.15) is 0 Å². The van der Waals surface area contributed by atoms with Gasteiger partial charge in [-0.05, 0) is 37.0 Å². The van der Waals surface area contributed by atoms with Crippen molar-refractivity contribution in [2.45, 2.75) is 31.3 Å². The van der Waals surface area contributed by atoms with E-state index in [0.29, 0.717) is 13.2 Å². The quantitative estimate of drug-likeness (QED) is 0.817. The van der Waals surface area contributed by atoms with Crippen LogP contribution in [0, 0.1) is 0 Å². The summed E-state index contributed by atoms with van der Waals surface area (Å²) in [6.07, 6.45) is 2.55. The van der Waals surface area contributed by atoms with E-state index < -0.39 is 0 Å². The first kappa shape index (κ1) is 17.7. The van der Waals surface area contributed by atoms with E-state index in [1.807, 2.05) is 42.5 Å². The number of carbonyl (C=O) groups is 1. The molecule has 0 aromatic heterocycles. The summed E-state index contributed by atoms with van der Waals surface area (Å²) in [5.41, 5.74) is 7.90. The smallest absolute Gasteiger partial charge is 0.234 e. The minimum absolute atomic E-state index is 0.288. The number of benzene rings is 2. The van der Waals surface area contributed by atoms with E-state index in [1.54, 1.807) is 0 Å². The maximum absolute atomic E-state index is 11.9. The van der Waals surface area contributed by atoms with Gasteiger partial charge in [-0.25, -0.2) is 0 Å². The molecule has 3 N–H and O–H groups in total. The van der Waals surface area contributed by atoms with E-state index in [9.17, 15) is 4.79 Å². The first-order chi connectivity index (χ1) is 13.2. The molecule has 4 rings (SSSR count). The van der Waals surface area contributed by atoms with Crippen molar-refractivity contribution >= 4 is 11.6 Å². The molecule has 6 nitrogen and oxygen atoms in total. The highest BCUT2D eigenvalue weighted by Crippen LogP contribution is 2.36. The van der Waals surface area contributed by atoms with Crippen molar-refractivity contribution < 1.29 is 14.3 Å². The Morgan fingerprint density at radius 1 is 1.11 bits per heavy atom. The molecule has 1 saturated heterocycles. The normalized spacial score (nSPS) is 17.7. The van der Waals surface area contributed by atoms with Crippen LogP contribution in [-0.4, -0.2) is 37.9 Å². The second-order valence-electron chi connectivity index (χ2n) is 7.11. The molecule has 1 fully saturated rings. The third kappa shape index (κ3) is 4.17. The van der Waals surface area contributed by atoms with Crippen LogP contribution in [0.25, 0.3) is 0 Å². The maximum Gasteiger partial charge on any atom is 0.234 e. The summed E-state index contributed by atoms with van der Waals surface area (Å²) < 4.78 is 10.9. The third-order valence-electron chi connectivity index (χ3n) is 5.28. The lowest BCUT2D eigenvalue weighted by molar-refractivity contribution is -0.120. The van der Waals surface area contributed by atoms with Gasteiger partial charge in [0.15, 0.2) is 11.5 Å². The van der Waals surface area contributed by atoms with Gasteiger partial charge in [0.25, 0.3) is 0 Å². The molecule has 0 unspecified atom stereocenters.